The monoisotopic (exact) mass is 221 g/mol. The molecule has 0 fully saturated rings. The summed E-state index contributed by atoms with van der Waals surface area (Å²) in [5.41, 5.74) is 0. The summed E-state index contributed by atoms with van der Waals surface area (Å²) in [6.45, 7) is 1.92. The lowest BCUT2D eigenvalue weighted by Gasteiger charge is -1.99. The van der Waals surface area contributed by atoms with E-state index in [9.17, 15) is 8.42 Å². The molecule has 74 valence electrons. The Morgan fingerprint density at radius 3 is 2.69 bits per heavy atom. The first-order chi connectivity index (χ1) is 6.02. The number of hydrogen-bond acceptors (Lipinski definition) is 4. The van der Waals surface area contributed by atoms with Crippen LogP contribution in [0.15, 0.2) is 16.1 Å². The molecule has 0 aliphatic rings. The Hall–Kier alpha value is -0.550. The largest absolute Gasteiger partial charge is 0.292 e. The van der Waals surface area contributed by atoms with Crippen LogP contribution in [0, 0.1) is 0 Å². The van der Waals surface area contributed by atoms with Crippen molar-refractivity contribution in [3.8, 4) is 0 Å². The van der Waals surface area contributed by atoms with Crippen molar-refractivity contribution in [2.45, 2.75) is 26.2 Å². The number of unbranched alkanes of at least 4 members (excludes halogenated alkanes) is 1. The van der Waals surface area contributed by atoms with Crippen LogP contribution in [0.25, 0.3) is 0 Å². The Bertz CT molecular complexity index is 326. The first-order valence-corrected chi connectivity index (χ1v) is 5.60. The van der Waals surface area contributed by atoms with Crippen molar-refractivity contribution >= 4 is 27.5 Å². The zero-order valence-corrected chi connectivity index (χ0v) is 8.86. The summed E-state index contributed by atoms with van der Waals surface area (Å²) < 4.78 is 30.1. The van der Waals surface area contributed by atoms with Crippen LogP contribution in [0.2, 0.25) is 0 Å². The summed E-state index contributed by atoms with van der Waals surface area (Å²) in [4.78, 5) is 3.24. The minimum absolute atomic E-state index is 0.119. The van der Waals surface area contributed by atoms with Crippen LogP contribution in [-0.2, 0) is 10.1 Å². The Morgan fingerprint density at radius 2 is 2.31 bits per heavy atom. The highest BCUT2D eigenvalue weighted by Gasteiger charge is 2.12. The molecular formula is C7H11NO3S2. The molecule has 0 aromatic carbocycles. The Kier molecular flexibility index (Phi) is 5.73. The summed E-state index contributed by atoms with van der Waals surface area (Å²) in [6.07, 6.45) is 2.82. The molecule has 0 aliphatic heterocycles. The number of isothiocyanates is 1. The van der Waals surface area contributed by atoms with Crippen molar-refractivity contribution in [1.82, 2.24) is 0 Å². The van der Waals surface area contributed by atoms with E-state index in [0.717, 1.165) is 12.6 Å². The zero-order valence-electron chi connectivity index (χ0n) is 7.23. The fourth-order valence-electron chi connectivity index (χ4n) is 0.709. The predicted octanol–water partition coefficient (Wildman–Crippen LogP) is 2.01. The number of hydrogen-bond donors (Lipinski definition) is 1. The van der Waals surface area contributed by atoms with Crippen molar-refractivity contribution in [2.75, 3.05) is 0 Å². The molecule has 0 bridgehead atoms. The van der Waals surface area contributed by atoms with Crippen LogP contribution in [0.5, 0.6) is 0 Å². The molecule has 0 amide bonds. The van der Waals surface area contributed by atoms with Gasteiger partial charge in [0, 0.05) is 0 Å². The molecule has 4 nitrogen and oxygen atoms in total. The fraction of sp³-hybridized carbons (Fsp3) is 0.571. The molecule has 13 heavy (non-hydrogen) atoms. The molecule has 0 aromatic rings. The van der Waals surface area contributed by atoms with Crippen molar-refractivity contribution in [1.29, 1.82) is 0 Å². The van der Waals surface area contributed by atoms with Crippen LogP contribution in [0.1, 0.15) is 26.2 Å². The average Bonchev–Trinajstić information content (AvgIpc) is 2.02. The maximum atomic E-state index is 10.7. The molecule has 0 radical (unpaired) electrons. The molecule has 0 saturated heterocycles. The zero-order chi connectivity index (χ0) is 10.3. The number of aliphatic imine (C=N–C) groups is 1. The molecule has 1 N–H and O–H groups in total. The van der Waals surface area contributed by atoms with E-state index in [1.54, 1.807) is 0 Å². The van der Waals surface area contributed by atoms with Crippen LogP contribution >= 0.6 is 12.2 Å². The third-order valence-electron chi connectivity index (χ3n) is 1.37. The van der Waals surface area contributed by atoms with Gasteiger partial charge in [0.1, 0.15) is 0 Å². The first-order valence-electron chi connectivity index (χ1n) is 3.76. The highest BCUT2D eigenvalue weighted by atomic mass is 32.2. The maximum Gasteiger partial charge on any atom is 0.292 e. The van der Waals surface area contributed by atoms with E-state index in [-0.39, 0.29) is 11.3 Å². The summed E-state index contributed by atoms with van der Waals surface area (Å²) in [6, 6.07) is 0. The number of allylic oxidation sites excluding steroid dienone is 1. The van der Waals surface area contributed by atoms with Gasteiger partial charge in [0.2, 0.25) is 0 Å². The summed E-state index contributed by atoms with van der Waals surface area (Å²) in [7, 11) is -4.13. The third-order valence-corrected chi connectivity index (χ3v) is 2.45. The van der Waals surface area contributed by atoms with Crippen molar-refractivity contribution in [3.05, 3.63) is 11.1 Å². The number of nitrogens with zero attached hydrogens (tertiary/aromatic N) is 1. The van der Waals surface area contributed by atoms with E-state index in [2.05, 4.69) is 17.2 Å². The van der Waals surface area contributed by atoms with Crippen molar-refractivity contribution in [2.24, 2.45) is 4.99 Å². The van der Waals surface area contributed by atoms with Crippen LogP contribution < -0.4 is 0 Å². The van der Waals surface area contributed by atoms with E-state index in [1.165, 1.54) is 0 Å². The first kappa shape index (κ1) is 12.4. The van der Waals surface area contributed by atoms with Crippen LogP contribution in [-0.4, -0.2) is 18.1 Å². The quantitative estimate of drug-likeness (QED) is 0.438. The van der Waals surface area contributed by atoms with Crippen molar-refractivity contribution in [3.63, 3.8) is 0 Å². The normalized spacial score (nSPS) is 12.3. The predicted molar refractivity (Wildman–Crippen MR) is 54.2 cm³/mol. The van der Waals surface area contributed by atoms with Gasteiger partial charge in [0.05, 0.1) is 16.3 Å². The number of rotatable bonds is 5. The summed E-state index contributed by atoms with van der Waals surface area (Å²) >= 11 is 4.27. The molecule has 0 heterocycles. The minimum atomic E-state index is -4.13. The molecule has 0 aliphatic carbocycles. The van der Waals surface area contributed by atoms with Gasteiger partial charge in [0.15, 0.2) is 0 Å². The second-order valence-corrected chi connectivity index (χ2v) is 4.05. The summed E-state index contributed by atoms with van der Waals surface area (Å²) in [5, 5.41) is 2.00. The van der Waals surface area contributed by atoms with Gasteiger partial charge in [0.25, 0.3) is 10.1 Å². The Morgan fingerprint density at radius 1 is 1.69 bits per heavy atom. The highest BCUT2D eigenvalue weighted by Crippen LogP contribution is 2.13. The van der Waals surface area contributed by atoms with E-state index in [1.807, 2.05) is 12.1 Å². The SMILES string of the molecule is CCCC/C(=C/N=C=S)S(=O)(=O)O. The van der Waals surface area contributed by atoms with Gasteiger partial charge < -0.3 is 0 Å². The second-order valence-electron chi connectivity index (χ2n) is 2.39. The van der Waals surface area contributed by atoms with E-state index >= 15 is 0 Å². The fourth-order valence-corrected chi connectivity index (χ4v) is 1.35. The van der Waals surface area contributed by atoms with Crippen LogP contribution in [0.3, 0.4) is 0 Å². The Balaban J connectivity index is 4.66. The van der Waals surface area contributed by atoms with Gasteiger partial charge in [-0.2, -0.15) is 8.42 Å². The topological polar surface area (TPSA) is 66.7 Å². The van der Waals surface area contributed by atoms with Crippen molar-refractivity contribution < 1.29 is 13.0 Å². The van der Waals surface area contributed by atoms with Gasteiger partial charge in [-0.05, 0) is 25.1 Å². The van der Waals surface area contributed by atoms with Gasteiger partial charge in [-0.15, -0.1) is 0 Å². The molecular weight excluding hydrogens is 210 g/mol. The van der Waals surface area contributed by atoms with E-state index < -0.39 is 10.1 Å². The third kappa shape index (κ3) is 5.65. The number of thiocarbonyl (C=S) groups is 1. The minimum Gasteiger partial charge on any atom is -0.282 e. The van der Waals surface area contributed by atoms with E-state index in [0.29, 0.717) is 6.42 Å². The van der Waals surface area contributed by atoms with Gasteiger partial charge in [-0.1, -0.05) is 13.3 Å². The molecule has 0 rings (SSSR count). The van der Waals surface area contributed by atoms with Gasteiger partial charge in [-0.3, -0.25) is 4.55 Å². The Labute approximate surface area is 83.1 Å². The lowest BCUT2D eigenvalue weighted by Crippen LogP contribution is -2.01. The summed E-state index contributed by atoms with van der Waals surface area (Å²) in [5.74, 6) is 0. The molecule has 0 saturated carbocycles. The molecule has 6 heteroatoms. The molecule has 0 spiro atoms. The van der Waals surface area contributed by atoms with Gasteiger partial charge >= 0.3 is 0 Å². The average molecular weight is 221 g/mol. The smallest absolute Gasteiger partial charge is 0.282 e. The second kappa shape index (κ2) is 5.99. The molecule has 0 atom stereocenters. The maximum absolute atomic E-state index is 10.7. The standard InChI is InChI=1S/C7H11NO3S2/c1-2-3-4-7(5-8-6-12)13(9,10)11/h5H,2-4H2,1H3,(H,9,10,11)/b7-5-. The highest BCUT2D eigenvalue weighted by molar-refractivity contribution is 7.89. The van der Waals surface area contributed by atoms with Gasteiger partial charge in [-0.25, -0.2) is 4.99 Å². The molecule has 0 aromatic heterocycles. The lowest BCUT2D eigenvalue weighted by molar-refractivity contribution is 0.488. The molecule has 0 unspecified atom stereocenters. The lowest BCUT2D eigenvalue weighted by atomic mass is 10.2. The van der Waals surface area contributed by atoms with E-state index in [4.69, 9.17) is 4.55 Å². The van der Waals surface area contributed by atoms with Crippen LogP contribution in [0.4, 0.5) is 0 Å².